The highest BCUT2D eigenvalue weighted by Gasteiger charge is 2.09. The largest absolute Gasteiger partial charge is 0.384 e. The molecule has 1 N–H and O–H groups in total. The Hall–Kier alpha value is -1.13. The van der Waals surface area contributed by atoms with E-state index in [4.69, 9.17) is 4.74 Å². The van der Waals surface area contributed by atoms with Crippen LogP contribution in [-0.2, 0) is 4.74 Å². The summed E-state index contributed by atoms with van der Waals surface area (Å²) in [5.74, 6) is -0.149. The zero-order chi connectivity index (χ0) is 12.1. The van der Waals surface area contributed by atoms with E-state index < -0.39 is 0 Å². The summed E-state index contributed by atoms with van der Waals surface area (Å²) in [7, 11) is 0. The maximum Gasteiger partial charge on any atom is 0.126 e. The summed E-state index contributed by atoms with van der Waals surface area (Å²) in [5, 5.41) is 3.31. The van der Waals surface area contributed by atoms with Crippen LogP contribution in [0.5, 0.6) is 0 Å². The summed E-state index contributed by atoms with van der Waals surface area (Å²) in [6.07, 6.45) is 0. The van der Waals surface area contributed by atoms with Crippen LogP contribution in [0, 0.1) is 12.7 Å². The van der Waals surface area contributed by atoms with Crippen LogP contribution in [0.15, 0.2) is 18.2 Å². The maximum absolute atomic E-state index is 13.1. The molecule has 0 radical (unpaired) electrons. The Morgan fingerprint density at radius 3 is 2.82 bits per heavy atom. The highest BCUT2D eigenvalue weighted by atomic mass is 19.1. The number of benzene rings is 1. The van der Waals surface area contributed by atoms with Gasteiger partial charge in [-0.25, -0.2) is 4.39 Å². The molecule has 1 saturated heterocycles. The molecule has 1 heterocycles. The lowest BCUT2D eigenvalue weighted by Crippen LogP contribution is -2.39. The number of rotatable bonds is 4. The molecule has 1 aromatic rings. The first-order valence-electron chi connectivity index (χ1n) is 6.06. The van der Waals surface area contributed by atoms with E-state index in [1.165, 1.54) is 6.07 Å². The Morgan fingerprint density at radius 2 is 2.12 bits per heavy atom. The van der Waals surface area contributed by atoms with Crippen molar-refractivity contribution in [3.63, 3.8) is 0 Å². The molecule has 0 unspecified atom stereocenters. The number of ether oxygens (including phenoxy) is 1. The molecule has 1 aliphatic heterocycles. The second-order valence-corrected chi connectivity index (χ2v) is 4.34. The zero-order valence-corrected chi connectivity index (χ0v) is 10.2. The third kappa shape index (κ3) is 3.68. The van der Waals surface area contributed by atoms with Gasteiger partial charge >= 0.3 is 0 Å². The van der Waals surface area contributed by atoms with Crippen molar-refractivity contribution < 1.29 is 9.13 Å². The molecule has 0 amide bonds. The number of hydrogen-bond acceptors (Lipinski definition) is 3. The third-order valence-corrected chi connectivity index (χ3v) is 3.02. The topological polar surface area (TPSA) is 24.5 Å². The first-order chi connectivity index (χ1) is 8.25. The van der Waals surface area contributed by atoms with Gasteiger partial charge < -0.3 is 10.1 Å². The predicted octanol–water partition coefficient (Wildman–Crippen LogP) is 1.88. The molecule has 0 saturated carbocycles. The Morgan fingerprint density at radius 1 is 1.35 bits per heavy atom. The number of morpholine rings is 1. The van der Waals surface area contributed by atoms with Gasteiger partial charge in [0.05, 0.1) is 13.2 Å². The highest BCUT2D eigenvalue weighted by Crippen LogP contribution is 2.13. The van der Waals surface area contributed by atoms with Gasteiger partial charge in [0, 0.05) is 31.9 Å². The molecule has 0 bridgehead atoms. The molecular weight excluding hydrogens is 219 g/mol. The average molecular weight is 238 g/mol. The lowest BCUT2D eigenvalue weighted by molar-refractivity contribution is 0.0398. The molecule has 2 rings (SSSR count). The van der Waals surface area contributed by atoms with Crippen molar-refractivity contribution in [2.75, 3.05) is 44.7 Å². The summed E-state index contributed by atoms with van der Waals surface area (Å²) in [4.78, 5) is 2.37. The minimum absolute atomic E-state index is 0.149. The van der Waals surface area contributed by atoms with E-state index >= 15 is 0 Å². The van der Waals surface area contributed by atoms with E-state index in [0.717, 1.165) is 45.1 Å². The van der Waals surface area contributed by atoms with Gasteiger partial charge in [0.25, 0.3) is 0 Å². The second kappa shape index (κ2) is 5.98. The van der Waals surface area contributed by atoms with Gasteiger partial charge in [-0.3, -0.25) is 4.90 Å². The predicted molar refractivity (Wildman–Crippen MR) is 66.9 cm³/mol. The summed E-state index contributed by atoms with van der Waals surface area (Å²) in [6.45, 7) is 7.33. The second-order valence-electron chi connectivity index (χ2n) is 4.34. The minimum atomic E-state index is -0.149. The smallest absolute Gasteiger partial charge is 0.126 e. The molecular formula is C13H19FN2O. The lowest BCUT2D eigenvalue weighted by atomic mass is 10.2. The fourth-order valence-corrected chi connectivity index (χ4v) is 1.94. The minimum Gasteiger partial charge on any atom is -0.384 e. The van der Waals surface area contributed by atoms with Crippen LogP contribution < -0.4 is 5.32 Å². The van der Waals surface area contributed by atoms with Crippen LogP contribution in [-0.4, -0.2) is 44.3 Å². The number of nitrogens with zero attached hydrogens (tertiary/aromatic N) is 1. The lowest BCUT2D eigenvalue weighted by Gasteiger charge is -2.26. The van der Waals surface area contributed by atoms with Gasteiger partial charge in [0.2, 0.25) is 0 Å². The molecule has 94 valence electrons. The van der Waals surface area contributed by atoms with Gasteiger partial charge in [0.15, 0.2) is 0 Å². The molecule has 1 aromatic carbocycles. The van der Waals surface area contributed by atoms with Crippen molar-refractivity contribution in [3.8, 4) is 0 Å². The van der Waals surface area contributed by atoms with Gasteiger partial charge in [-0.2, -0.15) is 0 Å². The number of anilines is 1. The monoisotopic (exact) mass is 238 g/mol. The Kier molecular flexibility index (Phi) is 4.34. The van der Waals surface area contributed by atoms with Crippen LogP contribution >= 0.6 is 0 Å². The summed E-state index contributed by atoms with van der Waals surface area (Å²) < 4.78 is 18.4. The van der Waals surface area contributed by atoms with Gasteiger partial charge in [-0.1, -0.05) is 0 Å². The van der Waals surface area contributed by atoms with E-state index in [1.807, 2.05) is 6.07 Å². The molecule has 1 fully saturated rings. The Balaban J connectivity index is 1.75. The van der Waals surface area contributed by atoms with E-state index in [9.17, 15) is 4.39 Å². The van der Waals surface area contributed by atoms with Crippen molar-refractivity contribution in [2.24, 2.45) is 0 Å². The number of halogens is 1. The van der Waals surface area contributed by atoms with E-state index in [-0.39, 0.29) is 5.82 Å². The molecule has 17 heavy (non-hydrogen) atoms. The zero-order valence-electron chi connectivity index (χ0n) is 10.2. The van der Waals surface area contributed by atoms with E-state index in [2.05, 4.69) is 10.2 Å². The number of hydrogen-bond donors (Lipinski definition) is 1. The molecule has 3 nitrogen and oxygen atoms in total. The van der Waals surface area contributed by atoms with Crippen molar-refractivity contribution in [2.45, 2.75) is 6.92 Å². The number of aryl methyl sites for hydroxylation is 1. The molecule has 0 aromatic heterocycles. The SMILES string of the molecule is Cc1cc(NCCN2CCOCC2)ccc1F. The van der Waals surface area contributed by atoms with Crippen molar-refractivity contribution >= 4 is 5.69 Å². The van der Waals surface area contributed by atoms with Gasteiger partial charge in [-0.05, 0) is 30.7 Å². The van der Waals surface area contributed by atoms with Gasteiger partial charge in [0.1, 0.15) is 5.82 Å². The summed E-state index contributed by atoms with van der Waals surface area (Å²) >= 11 is 0. The molecule has 1 aliphatic rings. The summed E-state index contributed by atoms with van der Waals surface area (Å²) in [5.41, 5.74) is 1.67. The molecule has 0 aliphatic carbocycles. The van der Waals surface area contributed by atoms with E-state index in [0.29, 0.717) is 5.56 Å². The summed E-state index contributed by atoms with van der Waals surface area (Å²) in [6, 6.07) is 5.13. The van der Waals surface area contributed by atoms with Crippen LogP contribution in [0.2, 0.25) is 0 Å². The third-order valence-electron chi connectivity index (χ3n) is 3.02. The van der Waals surface area contributed by atoms with Crippen LogP contribution in [0.3, 0.4) is 0 Å². The first-order valence-corrected chi connectivity index (χ1v) is 6.06. The number of nitrogens with one attached hydrogen (secondary N) is 1. The maximum atomic E-state index is 13.1. The normalized spacial score (nSPS) is 17.1. The fraction of sp³-hybridized carbons (Fsp3) is 0.538. The molecule has 0 spiro atoms. The van der Waals surface area contributed by atoms with Crippen LogP contribution in [0.4, 0.5) is 10.1 Å². The Bertz CT molecular complexity index is 364. The average Bonchev–Trinajstić information content (AvgIpc) is 2.35. The van der Waals surface area contributed by atoms with Crippen molar-refractivity contribution in [3.05, 3.63) is 29.6 Å². The molecule has 0 atom stereocenters. The Labute approximate surface area is 102 Å². The van der Waals surface area contributed by atoms with Crippen molar-refractivity contribution in [1.29, 1.82) is 0 Å². The fourth-order valence-electron chi connectivity index (χ4n) is 1.94. The van der Waals surface area contributed by atoms with Crippen LogP contribution in [0.1, 0.15) is 5.56 Å². The van der Waals surface area contributed by atoms with E-state index in [1.54, 1.807) is 13.0 Å². The quantitative estimate of drug-likeness (QED) is 0.866. The van der Waals surface area contributed by atoms with Crippen molar-refractivity contribution in [1.82, 2.24) is 4.90 Å². The molecule has 4 heteroatoms. The van der Waals surface area contributed by atoms with Crippen LogP contribution in [0.25, 0.3) is 0 Å². The standard InChI is InChI=1S/C13H19FN2O/c1-11-10-12(2-3-13(11)14)15-4-5-16-6-8-17-9-7-16/h2-3,10,15H,4-9H2,1H3. The first kappa shape index (κ1) is 12.3. The van der Waals surface area contributed by atoms with Gasteiger partial charge in [-0.15, -0.1) is 0 Å². The highest BCUT2D eigenvalue weighted by molar-refractivity contribution is 5.45.